The number of carbonyl (C=O) groups is 2. The molecule has 14 heavy (non-hydrogen) atoms. The van der Waals surface area contributed by atoms with Crippen LogP contribution in [0.5, 0.6) is 0 Å². The molecule has 0 heterocycles. The first-order chi connectivity index (χ1) is 6.63. The molecule has 0 aliphatic heterocycles. The molecular weight excluding hydrogens is 176 g/mol. The summed E-state index contributed by atoms with van der Waals surface area (Å²) in [5.41, 5.74) is 0. The van der Waals surface area contributed by atoms with Crippen LogP contribution in [0.4, 0.5) is 0 Å². The number of hydrogen-bond acceptors (Lipinski definition) is 2. The maximum absolute atomic E-state index is 11.3. The highest BCUT2D eigenvalue weighted by Gasteiger charge is 2.28. The topological polar surface area (TPSA) is 34.1 Å². The molecule has 0 radical (unpaired) electrons. The van der Waals surface area contributed by atoms with E-state index in [-0.39, 0.29) is 5.78 Å². The molecule has 0 aromatic rings. The van der Waals surface area contributed by atoms with Crippen molar-refractivity contribution in [3.05, 3.63) is 12.7 Å². The van der Waals surface area contributed by atoms with Crippen molar-refractivity contribution >= 4 is 11.6 Å². The zero-order valence-electron chi connectivity index (χ0n) is 8.79. The van der Waals surface area contributed by atoms with E-state index in [1.807, 2.05) is 6.08 Å². The van der Waals surface area contributed by atoms with E-state index in [1.54, 1.807) is 6.92 Å². The lowest BCUT2D eigenvalue weighted by molar-refractivity contribution is -0.125. The van der Waals surface area contributed by atoms with Crippen LogP contribution in [0.1, 0.15) is 39.0 Å². The lowest BCUT2D eigenvalue weighted by Crippen LogP contribution is -2.26. The normalized spacial score (nSPS) is 27.4. The molecule has 78 valence electrons. The van der Waals surface area contributed by atoms with Gasteiger partial charge in [-0.25, -0.2) is 0 Å². The Morgan fingerprint density at radius 1 is 1.57 bits per heavy atom. The van der Waals surface area contributed by atoms with Crippen LogP contribution in [0, 0.1) is 11.8 Å². The third kappa shape index (κ3) is 3.09. The zero-order chi connectivity index (χ0) is 10.6. The number of ketones is 2. The molecule has 0 bridgehead atoms. The van der Waals surface area contributed by atoms with Crippen molar-refractivity contribution in [1.29, 1.82) is 0 Å². The third-order valence-corrected chi connectivity index (χ3v) is 2.97. The van der Waals surface area contributed by atoms with Crippen molar-refractivity contribution in [2.24, 2.45) is 11.8 Å². The van der Waals surface area contributed by atoms with Gasteiger partial charge in [-0.1, -0.05) is 6.08 Å². The van der Waals surface area contributed by atoms with Gasteiger partial charge in [-0.2, -0.15) is 0 Å². The summed E-state index contributed by atoms with van der Waals surface area (Å²) in [5.74, 6) is 1.34. The molecule has 2 nitrogen and oxygen atoms in total. The SMILES string of the molecule is C=CCC1CC(=O)CCC1CC(C)=O. The molecule has 0 aromatic heterocycles. The molecule has 0 saturated heterocycles. The molecule has 0 aromatic carbocycles. The predicted molar refractivity (Wildman–Crippen MR) is 56.0 cm³/mol. The fraction of sp³-hybridized carbons (Fsp3) is 0.667. The monoisotopic (exact) mass is 194 g/mol. The Kier molecular flexibility index (Phi) is 4.05. The van der Waals surface area contributed by atoms with Gasteiger partial charge in [0.15, 0.2) is 0 Å². The van der Waals surface area contributed by atoms with E-state index in [0.29, 0.717) is 36.9 Å². The first-order valence-corrected chi connectivity index (χ1v) is 5.25. The van der Waals surface area contributed by atoms with Gasteiger partial charge < -0.3 is 4.79 Å². The molecule has 2 heteroatoms. The molecule has 1 fully saturated rings. The van der Waals surface area contributed by atoms with Gasteiger partial charge in [0.2, 0.25) is 0 Å². The van der Waals surface area contributed by atoms with Gasteiger partial charge in [0.05, 0.1) is 0 Å². The van der Waals surface area contributed by atoms with E-state index in [0.717, 1.165) is 12.8 Å². The van der Waals surface area contributed by atoms with E-state index in [4.69, 9.17) is 0 Å². The fourth-order valence-electron chi connectivity index (χ4n) is 2.27. The van der Waals surface area contributed by atoms with Gasteiger partial charge in [0.25, 0.3) is 0 Å². The number of rotatable bonds is 4. The van der Waals surface area contributed by atoms with Gasteiger partial charge in [-0.15, -0.1) is 6.58 Å². The van der Waals surface area contributed by atoms with Crippen LogP contribution in [0.25, 0.3) is 0 Å². The number of hydrogen-bond donors (Lipinski definition) is 0. The summed E-state index contributed by atoms with van der Waals surface area (Å²) < 4.78 is 0. The highest BCUT2D eigenvalue weighted by molar-refractivity contribution is 5.80. The third-order valence-electron chi connectivity index (χ3n) is 2.97. The molecule has 1 saturated carbocycles. The van der Waals surface area contributed by atoms with Crippen molar-refractivity contribution < 1.29 is 9.59 Å². The Hall–Kier alpha value is -0.920. The second kappa shape index (κ2) is 5.08. The molecular formula is C12H18O2. The highest BCUT2D eigenvalue weighted by atomic mass is 16.1. The average Bonchev–Trinajstić information content (AvgIpc) is 2.09. The lowest BCUT2D eigenvalue weighted by Gasteiger charge is -2.29. The summed E-state index contributed by atoms with van der Waals surface area (Å²) in [7, 11) is 0. The van der Waals surface area contributed by atoms with E-state index in [1.165, 1.54) is 0 Å². The summed E-state index contributed by atoms with van der Waals surface area (Å²) in [6.45, 7) is 5.32. The second-order valence-corrected chi connectivity index (χ2v) is 4.23. The summed E-state index contributed by atoms with van der Waals surface area (Å²) >= 11 is 0. The lowest BCUT2D eigenvalue weighted by atomic mass is 9.75. The van der Waals surface area contributed by atoms with Crippen molar-refractivity contribution in [3.8, 4) is 0 Å². The number of allylic oxidation sites excluding steroid dienone is 1. The minimum absolute atomic E-state index is 0.235. The Balaban J connectivity index is 2.56. The molecule has 0 N–H and O–H groups in total. The van der Waals surface area contributed by atoms with Gasteiger partial charge in [0, 0.05) is 19.3 Å². The quantitative estimate of drug-likeness (QED) is 0.644. The van der Waals surface area contributed by atoms with Crippen LogP contribution in [0.3, 0.4) is 0 Å². The first-order valence-electron chi connectivity index (χ1n) is 5.25. The van der Waals surface area contributed by atoms with E-state index >= 15 is 0 Å². The maximum atomic E-state index is 11.3. The largest absolute Gasteiger partial charge is 0.300 e. The molecule has 1 rings (SSSR count). The van der Waals surface area contributed by atoms with Gasteiger partial charge in [0.1, 0.15) is 11.6 Å². The minimum atomic E-state index is 0.235. The standard InChI is InChI=1S/C12H18O2/c1-3-4-10-8-12(14)6-5-11(10)7-9(2)13/h3,10-11H,1,4-8H2,2H3. The minimum Gasteiger partial charge on any atom is -0.300 e. The van der Waals surface area contributed by atoms with Gasteiger partial charge >= 0.3 is 0 Å². The Bertz CT molecular complexity index is 243. The van der Waals surface area contributed by atoms with Crippen LogP contribution in [0.2, 0.25) is 0 Å². The average molecular weight is 194 g/mol. The molecule has 0 spiro atoms. The van der Waals surface area contributed by atoms with E-state index < -0.39 is 0 Å². The zero-order valence-corrected chi connectivity index (χ0v) is 8.79. The molecule has 0 amide bonds. The smallest absolute Gasteiger partial charge is 0.133 e. The summed E-state index contributed by atoms with van der Waals surface area (Å²) in [6, 6.07) is 0. The Labute approximate surface area is 85.4 Å². The summed E-state index contributed by atoms with van der Waals surface area (Å²) in [6.07, 6.45) is 5.54. The van der Waals surface area contributed by atoms with Crippen LogP contribution < -0.4 is 0 Å². The van der Waals surface area contributed by atoms with Crippen molar-refractivity contribution in [2.45, 2.75) is 39.0 Å². The van der Waals surface area contributed by atoms with Gasteiger partial charge in [-0.05, 0) is 31.6 Å². The highest BCUT2D eigenvalue weighted by Crippen LogP contribution is 2.33. The summed E-state index contributed by atoms with van der Waals surface area (Å²) in [4.78, 5) is 22.3. The number of Topliss-reactive ketones (excluding diaryl/α,β-unsaturated/α-hetero) is 2. The molecule has 1 aliphatic carbocycles. The van der Waals surface area contributed by atoms with Crippen LogP contribution in [-0.2, 0) is 9.59 Å². The van der Waals surface area contributed by atoms with Crippen LogP contribution in [-0.4, -0.2) is 11.6 Å². The fourth-order valence-corrected chi connectivity index (χ4v) is 2.27. The number of carbonyl (C=O) groups excluding carboxylic acids is 2. The predicted octanol–water partition coefficient (Wildman–Crippen LogP) is 2.53. The van der Waals surface area contributed by atoms with Crippen molar-refractivity contribution in [1.82, 2.24) is 0 Å². The summed E-state index contributed by atoms with van der Waals surface area (Å²) in [5, 5.41) is 0. The van der Waals surface area contributed by atoms with Gasteiger partial charge in [-0.3, -0.25) is 4.79 Å². The van der Waals surface area contributed by atoms with Crippen LogP contribution >= 0.6 is 0 Å². The van der Waals surface area contributed by atoms with Crippen molar-refractivity contribution in [2.75, 3.05) is 0 Å². The Morgan fingerprint density at radius 2 is 2.29 bits per heavy atom. The van der Waals surface area contributed by atoms with E-state index in [9.17, 15) is 9.59 Å². The van der Waals surface area contributed by atoms with Crippen LogP contribution in [0.15, 0.2) is 12.7 Å². The first kappa shape index (κ1) is 11.2. The second-order valence-electron chi connectivity index (χ2n) is 4.23. The molecule has 1 aliphatic rings. The molecule has 2 atom stereocenters. The Morgan fingerprint density at radius 3 is 2.86 bits per heavy atom. The molecule has 2 unspecified atom stereocenters. The maximum Gasteiger partial charge on any atom is 0.133 e. The van der Waals surface area contributed by atoms with E-state index in [2.05, 4.69) is 6.58 Å². The van der Waals surface area contributed by atoms with Crippen molar-refractivity contribution in [3.63, 3.8) is 0 Å².